The molecule has 3 aromatic heterocycles. The predicted octanol–water partition coefficient (Wildman–Crippen LogP) is 14.3. The number of para-hydroxylation sites is 4. The first-order valence-electron chi connectivity index (χ1n) is 18.8. The third kappa shape index (κ3) is 4.44. The average Bonchev–Trinajstić information content (AvgIpc) is 3.90. The molecule has 55 heavy (non-hydrogen) atoms. The maximum Gasteiger partial charge on any atom is 0.135 e. The normalized spacial score (nSPS) is 12.0. The van der Waals surface area contributed by atoms with Gasteiger partial charge in [0.15, 0.2) is 0 Å². The second-order valence-corrected chi connectivity index (χ2v) is 14.5. The standard InChI is InChI=1S/C52H32N2O/c1-2-12-36(13-3-1)53-46-19-9-6-16-40(46)42-25-22-33(31-49(42)53)34-23-26-43-41-17-7-10-20-47(41)54(50(43)32-34)48-28-27-37(38-14-4-5-15-39(38)48)35-24-29-52-45(30-35)44-18-8-11-21-51(44)55-52/h1-32H. The van der Waals surface area contributed by atoms with Crippen molar-refractivity contribution >= 4 is 76.3 Å². The number of benzene rings is 9. The molecule has 12 aromatic rings. The first-order valence-corrected chi connectivity index (χ1v) is 18.8. The minimum absolute atomic E-state index is 0.910. The molecule has 0 amide bonds. The fraction of sp³-hybridized carbons (Fsp3) is 0. The van der Waals surface area contributed by atoms with Crippen molar-refractivity contribution in [3.05, 3.63) is 194 Å². The van der Waals surface area contributed by atoms with Crippen molar-refractivity contribution < 1.29 is 4.42 Å². The SMILES string of the molecule is c1ccc(-n2c3ccccc3c3ccc(-c4ccc5c6ccccc6n(-c6ccc(-c7ccc8oc9ccccc9c8c7)c7ccccc67)c5c4)cc32)cc1. The van der Waals surface area contributed by atoms with Gasteiger partial charge in [0.25, 0.3) is 0 Å². The van der Waals surface area contributed by atoms with Crippen LogP contribution in [0, 0.1) is 0 Å². The Morgan fingerprint density at radius 1 is 0.291 bits per heavy atom. The Morgan fingerprint density at radius 3 is 1.55 bits per heavy atom. The van der Waals surface area contributed by atoms with E-state index in [9.17, 15) is 0 Å². The van der Waals surface area contributed by atoms with Crippen molar-refractivity contribution in [3.8, 4) is 33.6 Å². The molecule has 0 atom stereocenters. The number of nitrogens with zero attached hydrogens (tertiary/aromatic N) is 2. The summed E-state index contributed by atoms with van der Waals surface area (Å²) in [6.07, 6.45) is 0. The summed E-state index contributed by atoms with van der Waals surface area (Å²) in [6, 6.07) is 70.4. The number of hydrogen-bond donors (Lipinski definition) is 0. The molecule has 3 heteroatoms. The van der Waals surface area contributed by atoms with E-state index in [-0.39, 0.29) is 0 Å². The van der Waals surface area contributed by atoms with Gasteiger partial charge in [-0.25, -0.2) is 0 Å². The highest BCUT2D eigenvalue weighted by atomic mass is 16.3. The number of hydrogen-bond acceptors (Lipinski definition) is 1. The summed E-state index contributed by atoms with van der Waals surface area (Å²) in [6.45, 7) is 0. The molecule has 0 aliphatic carbocycles. The van der Waals surface area contributed by atoms with Crippen LogP contribution in [0.5, 0.6) is 0 Å². The van der Waals surface area contributed by atoms with Crippen molar-refractivity contribution in [2.75, 3.05) is 0 Å². The van der Waals surface area contributed by atoms with Gasteiger partial charge in [0.1, 0.15) is 11.2 Å². The van der Waals surface area contributed by atoms with E-state index in [1.165, 1.54) is 76.6 Å². The molecule has 0 saturated heterocycles. The lowest BCUT2D eigenvalue weighted by Crippen LogP contribution is -1.96. The van der Waals surface area contributed by atoms with Crippen molar-refractivity contribution in [2.45, 2.75) is 0 Å². The van der Waals surface area contributed by atoms with E-state index in [1.54, 1.807) is 0 Å². The maximum absolute atomic E-state index is 6.18. The minimum Gasteiger partial charge on any atom is -0.456 e. The van der Waals surface area contributed by atoms with Crippen molar-refractivity contribution in [1.82, 2.24) is 9.13 Å². The largest absolute Gasteiger partial charge is 0.456 e. The zero-order valence-corrected chi connectivity index (χ0v) is 29.8. The Morgan fingerprint density at radius 2 is 0.818 bits per heavy atom. The zero-order valence-electron chi connectivity index (χ0n) is 29.8. The van der Waals surface area contributed by atoms with Crippen LogP contribution in [-0.2, 0) is 0 Å². The van der Waals surface area contributed by atoms with E-state index in [0.29, 0.717) is 0 Å². The van der Waals surface area contributed by atoms with Gasteiger partial charge in [0.2, 0.25) is 0 Å². The molecule has 3 heterocycles. The van der Waals surface area contributed by atoms with E-state index >= 15 is 0 Å². The van der Waals surface area contributed by atoms with Gasteiger partial charge in [-0.3, -0.25) is 0 Å². The number of aromatic nitrogens is 2. The van der Waals surface area contributed by atoms with E-state index in [2.05, 4.69) is 191 Å². The molecule has 0 fully saturated rings. The summed E-state index contributed by atoms with van der Waals surface area (Å²) in [7, 11) is 0. The van der Waals surface area contributed by atoms with Crippen molar-refractivity contribution in [1.29, 1.82) is 0 Å². The molecule has 0 unspecified atom stereocenters. The average molecular weight is 701 g/mol. The highest BCUT2D eigenvalue weighted by Crippen LogP contribution is 2.41. The lowest BCUT2D eigenvalue weighted by atomic mass is 9.95. The highest BCUT2D eigenvalue weighted by molar-refractivity contribution is 6.14. The van der Waals surface area contributed by atoms with Gasteiger partial charge in [0.05, 0.1) is 27.8 Å². The molecule has 0 aliphatic rings. The second-order valence-electron chi connectivity index (χ2n) is 14.5. The van der Waals surface area contributed by atoms with Gasteiger partial charge in [-0.2, -0.15) is 0 Å². The Labute approximate surface area is 316 Å². The Kier molecular flexibility index (Phi) is 6.34. The fourth-order valence-corrected chi connectivity index (χ4v) is 9.04. The first kappa shape index (κ1) is 30.1. The Bertz CT molecular complexity index is 3490. The number of rotatable bonds is 4. The van der Waals surface area contributed by atoms with Gasteiger partial charge in [-0.05, 0) is 88.3 Å². The van der Waals surface area contributed by atoms with Crippen LogP contribution in [0.2, 0.25) is 0 Å². The van der Waals surface area contributed by atoms with Crippen LogP contribution in [0.25, 0.3) is 110 Å². The first-order chi connectivity index (χ1) is 27.3. The van der Waals surface area contributed by atoms with Crippen LogP contribution in [0.1, 0.15) is 0 Å². The molecular formula is C52H32N2O. The van der Waals surface area contributed by atoms with E-state index < -0.39 is 0 Å². The maximum atomic E-state index is 6.18. The van der Waals surface area contributed by atoms with Gasteiger partial charge in [0, 0.05) is 43.4 Å². The minimum atomic E-state index is 0.910. The molecular weight excluding hydrogens is 669 g/mol. The Hall–Kier alpha value is -7.36. The van der Waals surface area contributed by atoms with Gasteiger partial charge in [-0.15, -0.1) is 0 Å². The van der Waals surface area contributed by atoms with Crippen LogP contribution in [0.15, 0.2) is 199 Å². The summed E-state index contributed by atoms with van der Waals surface area (Å²) < 4.78 is 11.0. The number of fused-ring (bicyclic) bond motifs is 10. The summed E-state index contributed by atoms with van der Waals surface area (Å²) >= 11 is 0. The van der Waals surface area contributed by atoms with Crippen molar-refractivity contribution in [3.63, 3.8) is 0 Å². The third-order valence-electron chi connectivity index (χ3n) is 11.5. The van der Waals surface area contributed by atoms with Gasteiger partial charge >= 0.3 is 0 Å². The van der Waals surface area contributed by atoms with Crippen LogP contribution in [-0.4, -0.2) is 9.13 Å². The highest BCUT2D eigenvalue weighted by Gasteiger charge is 2.19. The molecule has 256 valence electrons. The van der Waals surface area contributed by atoms with Crippen LogP contribution < -0.4 is 0 Å². The summed E-state index contributed by atoms with van der Waals surface area (Å²) in [4.78, 5) is 0. The van der Waals surface area contributed by atoms with Crippen LogP contribution in [0.4, 0.5) is 0 Å². The quantitative estimate of drug-likeness (QED) is 0.179. The van der Waals surface area contributed by atoms with Crippen molar-refractivity contribution in [2.24, 2.45) is 0 Å². The predicted molar refractivity (Wildman–Crippen MR) is 231 cm³/mol. The monoisotopic (exact) mass is 700 g/mol. The molecule has 0 aliphatic heterocycles. The second kappa shape index (κ2) is 11.6. The van der Waals surface area contributed by atoms with E-state index in [1.807, 2.05) is 12.1 Å². The Balaban J connectivity index is 1.07. The van der Waals surface area contributed by atoms with E-state index in [4.69, 9.17) is 4.42 Å². The molecule has 0 saturated carbocycles. The fourth-order valence-electron chi connectivity index (χ4n) is 9.04. The zero-order chi connectivity index (χ0) is 36.0. The van der Waals surface area contributed by atoms with Crippen LogP contribution >= 0.6 is 0 Å². The smallest absolute Gasteiger partial charge is 0.135 e. The van der Waals surface area contributed by atoms with Crippen LogP contribution in [0.3, 0.4) is 0 Å². The molecule has 3 nitrogen and oxygen atoms in total. The molecule has 0 N–H and O–H groups in total. The molecule has 0 spiro atoms. The lowest BCUT2D eigenvalue weighted by molar-refractivity contribution is 0.669. The summed E-state index contributed by atoms with van der Waals surface area (Å²) in [5.41, 5.74) is 13.7. The topological polar surface area (TPSA) is 23.0 Å². The third-order valence-corrected chi connectivity index (χ3v) is 11.5. The van der Waals surface area contributed by atoms with E-state index in [0.717, 1.165) is 33.3 Å². The van der Waals surface area contributed by atoms with Gasteiger partial charge < -0.3 is 13.6 Å². The summed E-state index contributed by atoms with van der Waals surface area (Å²) in [5, 5.41) is 9.70. The molecule has 12 rings (SSSR count). The lowest BCUT2D eigenvalue weighted by Gasteiger charge is -2.15. The summed E-state index contributed by atoms with van der Waals surface area (Å²) in [5.74, 6) is 0. The number of furan rings is 1. The molecule has 9 aromatic carbocycles. The molecule has 0 bridgehead atoms. The molecule has 0 radical (unpaired) electrons. The van der Waals surface area contributed by atoms with Gasteiger partial charge in [-0.1, -0.05) is 133 Å².